The molecule has 1 heterocycles. The number of carbonyl (C=O) groups is 1. The minimum atomic E-state index is -0.214. The van der Waals surface area contributed by atoms with Gasteiger partial charge in [-0.25, -0.2) is 4.79 Å². The third-order valence-electron chi connectivity index (χ3n) is 3.86. The van der Waals surface area contributed by atoms with Crippen molar-refractivity contribution in [3.8, 4) is 5.75 Å². The molecule has 1 saturated heterocycles. The van der Waals surface area contributed by atoms with Crippen LogP contribution in [0.3, 0.4) is 0 Å². The van der Waals surface area contributed by atoms with Crippen LogP contribution < -0.4 is 0 Å². The lowest BCUT2D eigenvalue weighted by Crippen LogP contribution is -2.48. The summed E-state index contributed by atoms with van der Waals surface area (Å²) in [6.45, 7) is 10.0. The molecule has 1 fully saturated rings. The smallest absolute Gasteiger partial charge is 0.409 e. The average molecular weight is 292 g/mol. The summed E-state index contributed by atoms with van der Waals surface area (Å²) >= 11 is 0. The number of hydrogen-bond acceptors (Lipinski definition) is 4. The van der Waals surface area contributed by atoms with Crippen molar-refractivity contribution < 1.29 is 14.6 Å². The zero-order valence-corrected chi connectivity index (χ0v) is 13.1. The summed E-state index contributed by atoms with van der Waals surface area (Å²) in [7, 11) is 0. The second kappa shape index (κ2) is 6.80. The number of phenols is 1. The fourth-order valence-corrected chi connectivity index (χ4v) is 2.70. The average Bonchev–Trinajstić information content (AvgIpc) is 2.45. The molecule has 0 aromatic heterocycles. The molecule has 0 spiro atoms. The Morgan fingerprint density at radius 3 is 2.29 bits per heavy atom. The first-order valence-electron chi connectivity index (χ1n) is 7.44. The first-order chi connectivity index (χ1) is 10.0. The van der Waals surface area contributed by atoms with Gasteiger partial charge < -0.3 is 14.7 Å². The molecule has 116 valence electrons. The topological polar surface area (TPSA) is 53.0 Å². The van der Waals surface area contributed by atoms with E-state index < -0.39 is 0 Å². The van der Waals surface area contributed by atoms with Crippen LogP contribution in [0, 0.1) is 13.8 Å². The molecule has 0 radical (unpaired) electrons. The quantitative estimate of drug-likeness (QED) is 0.928. The van der Waals surface area contributed by atoms with Crippen LogP contribution in [0.5, 0.6) is 5.75 Å². The molecular formula is C16H24N2O3. The molecule has 1 aromatic rings. The molecule has 1 aliphatic rings. The van der Waals surface area contributed by atoms with Gasteiger partial charge in [0.25, 0.3) is 0 Å². The van der Waals surface area contributed by atoms with Crippen LogP contribution >= 0.6 is 0 Å². The van der Waals surface area contributed by atoms with Crippen molar-refractivity contribution in [2.75, 3.05) is 32.8 Å². The molecule has 5 nitrogen and oxygen atoms in total. The number of piperazine rings is 1. The number of phenolic OH excluding ortho intramolecular Hbond substituents is 1. The first-order valence-corrected chi connectivity index (χ1v) is 7.44. The maximum atomic E-state index is 11.6. The van der Waals surface area contributed by atoms with Gasteiger partial charge >= 0.3 is 6.09 Å². The first kappa shape index (κ1) is 15.6. The predicted molar refractivity (Wildman–Crippen MR) is 81.5 cm³/mol. The molecule has 1 amide bonds. The molecule has 2 rings (SSSR count). The van der Waals surface area contributed by atoms with Crippen molar-refractivity contribution in [2.24, 2.45) is 0 Å². The lowest BCUT2D eigenvalue weighted by molar-refractivity contribution is 0.0778. The van der Waals surface area contributed by atoms with Crippen LogP contribution in [0.15, 0.2) is 12.1 Å². The Labute approximate surface area is 126 Å². The highest BCUT2D eigenvalue weighted by Crippen LogP contribution is 2.23. The van der Waals surface area contributed by atoms with Crippen LogP contribution in [-0.4, -0.2) is 53.8 Å². The number of benzene rings is 1. The molecule has 1 aromatic carbocycles. The zero-order chi connectivity index (χ0) is 15.4. The summed E-state index contributed by atoms with van der Waals surface area (Å²) < 4.78 is 5.02. The van der Waals surface area contributed by atoms with E-state index in [0.29, 0.717) is 25.4 Å². The lowest BCUT2D eigenvalue weighted by Gasteiger charge is -2.34. The van der Waals surface area contributed by atoms with E-state index in [1.54, 1.807) is 4.90 Å². The summed E-state index contributed by atoms with van der Waals surface area (Å²) in [5.74, 6) is 0.380. The number of amides is 1. The minimum Gasteiger partial charge on any atom is -0.507 e. The molecule has 0 bridgehead atoms. The monoisotopic (exact) mass is 292 g/mol. The maximum absolute atomic E-state index is 11.6. The van der Waals surface area contributed by atoms with Gasteiger partial charge in [0, 0.05) is 32.7 Å². The number of ether oxygens (including phenoxy) is 1. The van der Waals surface area contributed by atoms with Crippen LogP contribution in [-0.2, 0) is 11.3 Å². The molecule has 5 heteroatoms. The minimum absolute atomic E-state index is 0.214. The van der Waals surface area contributed by atoms with E-state index in [2.05, 4.69) is 4.90 Å². The second-order valence-electron chi connectivity index (χ2n) is 5.54. The fourth-order valence-electron chi connectivity index (χ4n) is 2.70. The number of nitrogens with zero attached hydrogens (tertiary/aromatic N) is 2. The number of carbonyl (C=O) groups excluding carboxylic acids is 1. The van der Waals surface area contributed by atoms with E-state index in [1.165, 1.54) is 5.56 Å². The van der Waals surface area contributed by atoms with Gasteiger partial charge in [-0.3, -0.25) is 4.90 Å². The Bertz CT molecular complexity index is 485. The number of aromatic hydroxyl groups is 1. The Hall–Kier alpha value is -1.75. The fraction of sp³-hybridized carbons (Fsp3) is 0.562. The van der Waals surface area contributed by atoms with Gasteiger partial charge in [0.15, 0.2) is 0 Å². The highest BCUT2D eigenvalue weighted by Gasteiger charge is 2.22. The van der Waals surface area contributed by atoms with Gasteiger partial charge in [-0.05, 0) is 37.5 Å². The van der Waals surface area contributed by atoms with Gasteiger partial charge in [-0.2, -0.15) is 0 Å². The summed E-state index contributed by atoms with van der Waals surface area (Å²) in [4.78, 5) is 15.7. The van der Waals surface area contributed by atoms with Crippen molar-refractivity contribution >= 4 is 6.09 Å². The normalized spacial score (nSPS) is 16.0. The summed E-state index contributed by atoms with van der Waals surface area (Å²) in [6, 6.07) is 4.06. The van der Waals surface area contributed by atoms with E-state index in [1.807, 2.05) is 32.9 Å². The van der Waals surface area contributed by atoms with E-state index in [4.69, 9.17) is 4.74 Å². The van der Waals surface area contributed by atoms with Crippen molar-refractivity contribution in [1.29, 1.82) is 0 Å². The van der Waals surface area contributed by atoms with Crippen LogP contribution in [0.4, 0.5) is 4.79 Å². The summed E-state index contributed by atoms with van der Waals surface area (Å²) in [5.41, 5.74) is 3.03. The second-order valence-corrected chi connectivity index (χ2v) is 5.54. The molecule has 1 aliphatic heterocycles. The highest BCUT2D eigenvalue weighted by atomic mass is 16.6. The molecule has 21 heavy (non-hydrogen) atoms. The van der Waals surface area contributed by atoms with Crippen LogP contribution in [0.1, 0.15) is 23.6 Å². The van der Waals surface area contributed by atoms with Gasteiger partial charge in [0.1, 0.15) is 5.75 Å². The standard InChI is InChI=1S/C16H24N2O3/c1-4-21-16(20)18-7-5-17(6-8-18)11-14-9-12(2)15(19)13(3)10-14/h9-10,19H,4-8,11H2,1-3H3. The van der Waals surface area contributed by atoms with E-state index >= 15 is 0 Å². The number of hydrogen-bond donors (Lipinski definition) is 1. The number of aryl methyl sites for hydroxylation is 2. The molecule has 0 unspecified atom stereocenters. The molecule has 0 aliphatic carbocycles. The van der Waals surface area contributed by atoms with Crippen molar-refractivity contribution in [3.63, 3.8) is 0 Å². The van der Waals surface area contributed by atoms with Crippen LogP contribution in [0.25, 0.3) is 0 Å². The van der Waals surface area contributed by atoms with Gasteiger partial charge in [-0.15, -0.1) is 0 Å². The van der Waals surface area contributed by atoms with Gasteiger partial charge in [0.2, 0.25) is 0 Å². The van der Waals surface area contributed by atoms with E-state index in [-0.39, 0.29) is 6.09 Å². The third kappa shape index (κ3) is 3.88. The molecule has 0 saturated carbocycles. The largest absolute Gasteiger partial charge is 0.507 e. The number of rotatable bonds is 3. The van der Waals surface area contributed by atoms with Crippen molar-refractivity contribution in [2.45, 2.75) is 27.3 Å². The van der Waals surface area contributed by atoms with Crippen molar-refractivity contribution in [1.82, 2.24) is 9.80 Å². The SMILES string of the molecule is CCOC(=O)N1CCN(Cc2cc(C)c(O)c(C)c2)CC1. The van der Waals surface area contributed by atoms with Gasteiger partial charge in [-0.1, -0.05) is 12.1 Å². The lowest BCUT2D eigenvalue weighted by atomic mass is 10.1. The Morgan fingerprint density at radius 2 is 1.76 bits per heavy atom. The summed E-state index contributed by atoms with van der Waals surface area (Å²) in [6.07, 6.45) is -0.214. The molecular weight excluding hydrogens is 268 g/mol. The zero-order valence-electron chi connectivity index (χ0n) is 13.1. The Morgan fingerprint density at radius 1 is 1.19 bits per heavy atom. The Balaban J connectivity index is 1.90. The van der Waals surface area contributed by atoms with E-state index in [0.717, 1.165) is 30.8 Å². The summed E-state index contributed by atoms with van der Waals surface area (Å²) in [5, 5.41) is 9.81. The van der Waals surface area contributed by atoms with Gasteiger partial charge in [0.05, 0.1) is 6.61 Å². The van der Waals surface area contributed by atoms with E-state index in [9.17, 15) is 9.90 Å². The molecule has 1 N–H and O–H groups in total. The Kier molecular flexibility index (Phi) is 5.07. The molecule has 0 atom stereocenters. The van der Waals surface area contributed by atoms with Crippen molar-refractivity contribution in [3.05, 3.63) is 28.8 Å². The third-order valence-corrected chi connectivity index (χ3v) is 3.86. The predicted octanol–water partition coefficient (Wildman–Crippen LogP) is 2.28. The highest BCUT2D eigenvalue weighted by molar-refractivity contribution is 5.67. The maximum Gasteiger partial charge on any atom is 0.409 e. The van der Waals surface area contributed by atoms with Crippen LogP contribution in [0.2, 0.25) is 0 Å².